The summed E-state index contributed by atoms with van der Waals surface area (Å²) in [5, 5.41) is 1.82. The zero-order valence-electron chi connectivity index (χ0n) is 21.6. The van der Waals surface area contributed by atoms with Crippen LogP contribution in [0.3, 0.4) is 0 Å². The van der Waals surface area contributed by atoms with Crippen LogP contribution < -0.4 is 14.4 Å². The Hall–Kier alpha value is -4.39. The van der Waals surface area contributed by atoms with Gasteiger partial charge >= 0.3 is 0 Å². The van der Waals surface area contributed by atoms with Crippen molar-refractivity contribution in [3.63, 3.8) is 0 Å². The first kappa shape index (κ1) is 24.9. The quantitative estimate of drug-likeness (QED) is 0.190. The molecule has 4 nitrogen and oxygen atoms in total. The SMILES string of the molecule is COc1ccc(-c2ccc(N(c3ccc(-c4ccncc4)cc3)c3ccc(-c4ccc(OC)s4)cc3)cc2)s1. The lowest BCUT2D eigenvalue weighted by atomic mass is 10.1. The van der Waals surface area contributed by atoms with Crippen molar-refractivity contribution in [3.8, 4) is 42.1 Å². The molecule has 6 heteroatoms. The number of anilines is 3. The molecule has 39 heavy (non-hydrogen) atoms. The zero-order valence-corrected chi connectivity index (χ0v) is 23.2. The summed E-state index contributed by atoms with van der Waals surface area (Å²) in [6.45, 7) is 0. The molecule has 0 aliphatic rings. The number of ether oxygens (including phenoxy) is 2. The van der Waals surface area contributed by atoms with Crippen LogP contribution in [0.15, 0.2) is 122 Å². The van der Waals surface area contributed by atoms with Gasteiger partial charge < -0.3 is 14.4 Å². The first-order valence-corrected chi connectivity index (χ1v) is 14.1. The van der Waals surface area contributed by atoms with E-state index in [-0.39, 0.29) is 0 Å². The minimum Gasteiger partial charge on any atom is -0.487 e. The Morgan fingerprint density at radius 3 is 1.23 bits per heavy atom. The van der Waals surface area contributed by atoms with Crippen LogP contribution in [0.1, 0.15) is 0 Å². The normalized spacial score (nSPS) is 10.8. The number of benzene rings is 3. The molecule has 0 atom stereocenters. The largest absolute Gasteiger partial charge is 0.487 e. The summed E-state index contributed by atoms with van der Waals surface area (Å²) in [6.07, 6.45) is 3.65. The molecule has 192 valence electrons. The van der Waals surface area contributed by atoms with Crippen molar-refractivity contribution in [2.45, 2.75) is 0 Å². The third-order valence-corrected chi connectivity index (χ3v) is 8.72. The molecule has 0 spiro atoms. The molecule has 3 heterocycles. The summed E-state index contributed by atoms with van der Waals surface area (Å²) in [4.78, 5) is 8.80. The van der Waals surface area contributed by atoms with E-state index >= 15 is 0 Å². The van der Waals surface area contributed by atoms with Gasteiger partial charge in [-0.2, -0.15) is 0 Å². The maximum Gasteiger partial charge on any atom is 0.173 e. The summed E-state index contributed by atoms with van der Waals surface area (Å²) < 4.78 is 10.8. The maximum atomic E-state index is 5.39. The van der Waals surface area contributed by atoms with Crippen LogP contribution in [0, 0.1) is 0 Å². The van der Waals surface area contributed by atoms with E-state index < -0.39 is 0 Å². The highest BCUT2D eigenvalue weighted by Gasteiger charge is 2.14. The molecular formula is C33H26N2O2S2. The second kappa shape index (κ2) is 11.2. The highest BCUT2D eigenvalue weighted by molar-refractivity contribution is 7.17. The number of hydrogen-bond acceptors (Lipinski definition) is 6. The third kappa shape index (κ3) is 5.30. The van der Waals surface area contributed by atoms with Crippen LogP contribution >= 0.6 is 22.7 Å². The van der Waals surface area contributed by atoms with Gasteiger partial charge in [0.05, 0.1) is 14.2 Å². The average Bonchev–Trinajstić information content (AvgIpc) is 3.69. The molecule has 0 fully saturated rings. The second-order valence-electron chi connectivity index (χ2n) is 8.86. The van der Waals surface area contributed by atoms with E-state index in [1.165, 1.54) is 20.9 Å². The van der Waals surface area contributed by atoms with Crippen LogP contribution in [-0.2, 0) is 0 Å². The molecule has 3 aromatic carbocycles. The fraction of sp³-hybridized carbons (Fsp3) is 0.0606. The minimum atomic E-state index is 0.911. The summed E-state index contributed by atoms with van der Waals surface area (Å²) in [6, 6.07) is 38.4. The van der Waals surface area contributed by atoms with Gasteiger partial charge in [0, 0.05) is 39.2 Å². The fourth-order valence-corrected chi connectivity index (χ4v) is 6.17. The van der Waals surface area contributed by atoms with Gasteiger partial charge in [-0.15, -0.1) is 0 Å². The Morgan fingerprint density at radius 1 is 0.462 bits per heavy atom. The predicted octanol–water partition coefficient (Wildman–Crippen LogP) is 9.69. The molecular weight excluding hydrogens is 521 g/mol. The van der Waals surface area contributed by atoms with E-state index in [1.54, 1.807) is 36.9 Å². The molecule has 0 radical (unpaired) electrons. The van der Waals surface area contributed by atoms with Crippen molar-refractivity contribution < 1.29 is 9.47 Å². The standard InChI is InChI=1S/C33H26N2O2S2/c1-36-32-17-15-30(38-32)25-5-11-28(12-6-25)35(27-9-3-23(4-10-27)24-19-21-34-22-20-24)29-13-7-26(8-14-29)31-16-18-33(37-2)39-31/h3-22H,1-2H3. The molecule has 0 N–H and O–H groups in total. The number of rotatable bonds is 8. The maximum absolute atomic E-state index is 5.39. The molecule has 0 saturated heterocycles. The zero-order chi connectivity index (χ0) is 26.6. The third-order valence-electron chi connectivity index (χ3n) is 6.52. The molecule has 0 saturated carbocycles. The van der Waals surface area contributed by atoms with E-state index in [0.29, 0.717) is 0 Å². The average molecular weight is 547 g/mol. The van der Waals surface area contributed by atoms with Gasteiger partial charge in [-0.3, -0.25) is 4.98 Å². The number of methoxy groups -OCH3 is 2. The lowest BCUT2D eigenvalue weighted by Crippen LogP contribution is -2.09. The Balaban J connectivity index is 1.36. The van der Waals surface area contributed by atoms with Crippen LogP contribution in [0.2, 0.25) is 0 Å². The fourth-order valence-electron chi connectivity index (χ4n) is 4.51. The van der Waals surface area contributed by atoms with Crippen molar-refractivity contribution >= 4 is 39.7 Å². The first-order valence-electron chi connectivity index (χ1n) is 12.5. The molecule has 0 amide bonds. The lowest BCUT2D eigenvalue weighted by molar-refractivity contribution is 0.427. The van der Waals surface area contributed by atoms with Crippen LogP contribution in [0.4, 0.5) is 17.1 Å². The molecule has 0 aliphatic carbocycles. The number of pyridine rings is 1. The molecule has 0 aliphatic heterocycles. The Bertz CT molecular complexity index is 1570. The Morgan fingerprint density at radius 2 is 0.846 bits per heavy atom. The number of aromatic nitrogens is 1. The molecule has 6 rings (SSSR count). The van der Waals surface area contributed by atoms with E-state index in [1.807, 2.05) is 36.7 Å². The minimum absolute atomic E-state index is 0.911. The molecule has 0 bridgehead atoms. The van der Waals surface area contributed by atoms with Crippen LogP contribution in [0.25, 0.3) is 32.0 Å². The molecule has 3 aromatic heterocycles. The van der Waals surface area contributed by atoms with Gasteiger partial charge in [-0.1, -0.05) is 59.1 Å². The van der Waals surface area contributed by atoms with Gasteiger partial charge in [0.2, 0.25) is 0 Å². The Kier molecular flexibility index (Phi) is 7.13. The van der Waals surface area contributed by atoms with Gasteiger partial charge in [0.1, 0.15) is 0 Å². The first-order chi connectivity index (χ1) is 19.2. The van der Waals surface area contributed by atoms with Crippen molar-refractivity contribution in [3.05, 3.63) is 122 Å². The lowest BCUT2D eigenvalue weighted by Gasteiger charge is -2.26. The van der Waals surface area contributed by atoms with Gasteiger partial charge in [0.15, 0.2) is 10.1 Å². The number of hydrogen-bond donors (Lipinski definition) is 0. The van der Waals surface area contributed by atoms with Crippen LogP contribution in [-0.4, -0.2) is 19.2 Å². The monoisotopic (exact) mass is 546 g/mol. The number of nitrogens with zero attached hydrogens (tertiary/aromatic N) is 2. The molecule has 6 aromatic rings. The van der Waals surface area contributed by atoms with Crippen molar-refractivity contribution in [2.75, 3.05) is 19.1 Å². The highest BCUT2D eigenvalue weighted by atomic mass is 32.1. The highest BCUT2D eigenvalue weighted by Crippen LogP contribution is 2.40. The van der Waals surface area contributed by atoms with E-state index in [0.717, 1.165) is 38.3 Å². The van der Waals surface area contributed by atoms with Gasteiger partial charge in [0.25, 0.3) is 0 Å². The predicted molar refractivity (Wildman–Crippen MR) is 164 cm³/mol. The van der Waals surface area contributed by atoms with Crippen molar-refractivity contribution in [1.82, 2.24) is 4.98 Å². The Labute approximate surface area is 236 Å². The topological polar surface area (TPSA) is 34.6 Å². The van der Waals surface area contributed by atoms with Crippen LogP contribution in [0.5, 0.6) is 10.1 Å². The summed E-state index contributed by atoms with van der Waals surface area (Å²) in [5.41, 5.74) is 7.90. The summed E-state index contributed by atoms with van der Waals surface area (Å²) in [7, 11) is 3.41. The van der Waals surface area contributed by atoms with E-state index in [9.17, 15) is 0 Å². The summed E-state index contributed by atoms with van der Waals surface area (Å²) >= 11 is 3.29. The smallest absolute Gasteiger partial charge is 0.173 e. The van der Waals surface area contributed by atoms with Gasteiger partial charge in [-0.25, -0.2) is 0 Å². The summed E-state index contributed by atoms with van der Waals surface area (Å²) in [5.74, 6) is 0. The van der Waals surface area contributed by atoms with E-state index in [4.69, 9.17) is 9.47 Å². The van der Waals surface area contributed by atoms with Crippen molar-refractivity contribution in [1.29, 1.82) is 0 Å². The second-order valence-corrected chi connectivity index (χ2v) is 11.0. The van der Waals surface area contributed by atoms with E-state index in [2.05, 4.69) is 94.8 Å². The van der Waals surface area contributed by atoms with Gasteiger partial charge in [-0.05, 0) is 95.1 Å². The molecule has 0 unspecified atom stereocenters. The number of thiophene rings is 2. The van der Waals surface area contributed by atoms with Crippen molar-refractivity contribution in [2.24, 2.45) is 0 Å².